The summed E-state index contributed by atoms with van der Waals surface area (Å²) < 4.78 is 20.9. The highest BCUT2D eigenvalue weighted by atomic mass is 19.1. The number of aromatic nitrogens is 1. The third kappa shape index (κ3) is 4.59. The fourth-order valence-corrected chi connectivity index (χ4v) is 5.62. The Bertz CT molecular complexity index is 1260. The molecule has 36 heavy (non-hydrogen) atoms. The van der Waals surface area contributed by atoms with E-state index in [2.05, 4.69) is 5.32 Å². The van der Waals surface area contributed by atoms with Crippen molar-refractivity contribution in [3.05, 3.63) is 65.6 Å². The van der Waals surface area contributed by atoms with Gasteiger partial charge in [-0.25, -0.2) is 4.39 Å². The quantitative estimate of drug-likeness (QED) is 0.518. The lowest BCUT2D eigenvalue weighted by molar-refractivity contribution is -0.134. The summed E-state index contributed by atoms with van der Waals surface area (Å²) in [5, 5.41) is 4.23. The van der Waals surface area contributed by atoms with E-state index in [1.165, 1.54) is 31.4 Å². The molecular formula is C29H34FN3O3. The third-order valence-electron chi connectivity index (χ3n) is 7.82. The minimum absolute atomic E-state index is 0.111. The molecule has 1 aromatic heterocycles. The van der Waals surface area contributed by atoms with Crippen LogP contribution in [0.15, 0.2) is 48.5 Å². The van der Waals surface area contributed by atoms with Gasteiger partial charge >= 0.3 is 0 Å². The maximum Gasteiger partial charge on any atom is 0.271 e. The van der Waals surface area contributed by atoms with E-state index < -0.39 is 5.54 Å². The number of amides is 2. The van der Waals surface area contributed by atoms with E-state index in [9.17, 15) is 14.0 Å². The lowest BCUT2D eigenvalue weighted by atomic mass is 9.91. The first kappa shape index (κ1) is 24.3. The molecule has 3 aromatic rings. The Morgan fingerprint density at radius 1 is 1.06 bits per heavy atom. The fraction of sp³-hybridized carbons (Fsp3) is 0.448. The van der Waals surface area contributed by atoms with Crippen LogP contribution >= 0.6 is 0 Å². The highest BCUT2D eigenvalue weighted by molar-refractivity contribution is 6.03. The molecule has 7 heteroatoms. The van der Waals surface area contributed by atoms with Crippen molar-refractivity contribution >= 4 is 22.7 Å². The molecule has 0 saturated heterocycles. The molecule has 1 aliphatic heterocycles. The normalized spacial score (nSPS) is 21.1. The summed E-state index contributed by atoms with van der Waals surface area (Å²) in [4.78, 5) is 29.6. The lowest BCUT2D eigenvalue weighted by Crippen LogP contribution is -2.64. The number of carbonyl (C=O) groups excluding carboxylic acids is 2. The van der Waals surface area contributed by atoms with Crippen molar-refractivity contribution in [2.24, 2.45) is 0 Å². The molecular weight excluding hydrogens is 457 g/mol. The summed E-state index contributed by atoms with van der Waals surface area (Å²) in [6.07, 6.45) is 7.77. The second kappa shape index (κ2) is 9.96. The van der Waals surface area contributed by atoms with Gasteiger partial charge in [0.15, 0.2) is 0 Å². The Hall–Kier alpha value is -3.35. The zero-order valence-corrected chi connectivity index (χ0v) is 21.1. The number of nitrogens with zero attached hydrogens (tertiary/aromatic N) is 2. The Balaban J connectivity index is 1.53. The Kier molecular flexibility index (Phi) is 6.73. The van der Waals surface area contributed by atoms with Crippen LogP contribution in [0.3, 0.4) is 0 Å². The zero-order chi connectivity index (χ0) is 25.3. The van der Waals surface area contributed by atoms with Gasteiger partial charge in [-0.15, -0.1) is 0 Å². The fourth-order valence-electron chi connectivity index (χ4n) is 5.62. The van der Waals surface area contributed by atoms with E-state index in [4.69, 9.17) is 4.74 Å². The van der Waals surface area contributed by atoms with Crippen molar-refractivity contribution in [2.75, 3.05) is 7.11 Å². The van der Waals surface area contributed by atoms with Gasteiger partial charge in [-0.3, -0.25) is 9.59 Å². The topological polar surface area (TPSA) is 63.6 Å². The number of benzene rings is 2. The summed E-state index contributed by atoms with van der Waals surface area (Å²) in [6.45, 7) is 2.39. The Labute approximate surface area is 211 Å². The third-order valence-corrected chi connectivity index (χ3v) is 7.82. The molecule has 2 heterocycles. The van der Waals surface area contributed by atoms with Gasteiger partial charge in [-0.1, -0.05) is 44.2 Å². The molecule has 0 radical (unpaired) electrons. The molecule has 1 N–H and O–H groups in total. The summed E-state index contributed by atoms with van der Waals surface area (Å²) >= 11 is 0. The molecule has 1 saturated carbocycles. The Morgan fingerprint density at radius 3 is 2.44 bits per heavy atom. The van der Waals surface area contributed by atoms with Crippen LogP contribution in [0.4, 0.5) is 4.39 Å². The lowest BCUT2D eigenvalue weighted by Gasteiger charge is -2.44. The number of halogens is 1. The number of ether oxygens (including phenoxy) is 1. The average molecular weight is 492 g/mol. The number of carbonyl (C=O) groups is 2. The minimum Gasteiger partial charge on any atom is -0.497 e. The maximum atomic E-state index is 14.0. The molecule has 1 atom stereocenters. The van der Waals surface area contributed by atoms with Gasteiger partial charge in [0.2, 0.25) is 5.91 Å². The van der Waals surface area contributed by atoms with Gasteiger partial charge < -0.3 is 19.5 Å². The number of hydrogen-bond donors (Lipinski definition) is 1. The van der Waals surface area contributed by atoms with Crippen molar-refractivity contribution in [2.45, 2.75) is 76.5 Å². The monoisotopic (exact) mass is 491 g/mol. The predicted octanol–water partition coefficient (Wildman–Crippen LogP) is 5.43. The van der Waals surface area contributed by atoms with Gasteiger partial charge in [0.25, 0.3) is 5.91 Å². The van der Waals surface area contributed by atoms with Crippen LogP contribution in [-0.2, 0) is 17.9 Å². The standard InChI is InChI=1S/C29H34FN3O3/c1-29(28(35)31-23-8-6-4-3-5-7-9-23)19-32-25-17-24(36-2)15-12-21(25)16-26(32)27(34)33(29)18-20-10-13-22(30)14-11-20/h10-17,23H,3-9,18-19H2,1-2H3,(H,31,35)/t29-/m0/s1. The number of rotatable bonds is 5. The number of nitrogens with one attached hydrogen (secondary N) is 1. The Morgan fingerprint density at radius 2 is 1.75 bits per heavy atom. The average Bonchev–Trinajstić information content (AvgIpc) is 3.22. The summed E-state index contributed by atoms with van der Waals surface area (Å²) in [6, 6.07) is 13.8. The smallest absolute Gasteiger partial charge is 0.271 e. The van der Waals surface area contributed by atoms with Gasteiger partial charge in [0.1, 0.15) is 22.8 Å². The first-order valence-electron chi connectivity index (χ1n) is 12.9. The van der Waals surface area contributed by atoms with Crippen LogP contribution in [0.25, 0.3) is 10.9 Å². The van der Waals surface area contributed by atoms with Gasteiger partial charge in [0, 0.05) is 24.0 Å². The van der Waals surface area contributed by atoms with Crippen LogP contribution in [-0.4, -0.2) is 40.0 Å². The van der Waals surface area contributed by atoms with Crippen molar-refractivity contribution in [3.63, 3.8) is 0 Å². The zero-order valence-electron chi connectivity index (χ0n) is 21.1. The van der Waals surface area contributed by atoms with E-state index >= 15 is 0 Å². The minimum atomic E-state index is -1.12. The van der Waals surface area contributed by atoms with Crippen LogP contribution in [0.5, 0.6) is 5.75 Å². The van der Waals surface area contributed by atoms with Crippen LogP contribution < -0.4 is 10.1 Å². The largest absolute Gasteiger partial charge is 0.497 e. The van der Waals surface area contributed by atoms with Crippen LogP contribution in [0.2, 0.25) is 0 Å². The number of fused-ring (bicyclic) bond motifs is 3. The van der Waals surface area contributed by atoms with E-state index in [0.717, 1.165) is 42.1 Å². The molecule has 1 aliphatic carbocycles. The van der Waals surface area contributed by atoms with Crippen molar-refractivity contribution in [3.8, 4) is 5.75 Å². The number of hydrogen-bond acceptors (Lipinski definition) is 3. The molecule has 6 nitrogen and oxygen atoms in total. The van der Waals surface area contributed by atoms with Gasteiger partial charge in [-0.2, -0.15) is 0 Å². The van der Waals surface area contributed by atoms with Gasteiger partial charge in [-0.05, 0) is 55.7 Å². The summed E-state index contributed by atoms with van der Waals surface area (Å²) in [5.41, 5.74) is 1.07. The van der Waals surface area contributed by atoms with E-state index in [-0.39, 0.29) is 30.2 Å². The highest BCUT2D eigenvalue weighted by Crippen LogP contribution is 2.35. The summed E-state index contributed by atoms with van der Waals surface area (Å²) in [5.74, 6) is 0.0165. The molecule has 2 amide bonds. The molecule has 2 aromatic carbocycles. The first-order chi connectivity index (χ1) is 17.4. The van der Waals surface area contributed by atoms with Crippen LogP contribution in [0, 0.1) is 5.82 Å². The van der Waals surface area contributed by atoms with Crippen molar-refractivity contribution in [1.29, 1.82) is 0 Å². The SMILES string of the molecule is COc1ccc2cc3n(c2c1)C[C@@](C)(C(=O)NC1CCCCCCC1)N(Cc1ccc(F)cc1)C3=O. The van der Waals surface area contributed by atoms with Crippen molar-refractivity contribution < 1.29 is 18.7 Å². The predicted molar refractivity (Wildman–Crippen MR) is 137 cm³/mol. The maximum absolute atomic E-state index is 14.0. The molecule has 0 spiro atoms. The highest BCUT2D eigenvalue weighted by Gasteiger charge is 2.48. The van der Waals surface area contributed by atoms with Gasteiger partial charge in [0.05, 0.1) is 19.2 Å². The molecule has 2 aliphatic rings. The van der Waals surface area contributed by atoms with Crippen molar-refractivity contribution in [1.82, 2.24) is 14.8 Å². The van der Waals surface area contributed by atoms with E-state index in [1.807, 2.05) is 35.8 Å². The van der Waals surface area contributed by atoms with Crippen LogP contribution in [0.1, 0.15) is 67.9 Å². The second-order valence-corrected chi connectivity index (χ2v) is 10.3. The first-order valence-corrected chi connectivity index (χ1v) is 12.9. The molecule has 190 valence electrons. The van der Waals surface area contributed by atoms with E-state index in [1.54, 1.807) is 24.1 Å². The number of methoxy groups -OCH3 is 1. The second-order valence-electron chi connectivity index (χ2n) is 10.3. The molecule has 0 bridgehead atoms. The van der Waals surface area contributed by atoms with E-state index in [0.29, 0.717) is 18.0 Å². The molecule has 1 fully saturated rings. The molecule has 5 rings (SSSR count). The molecule has 0 unspecified atom stereocenters. The summed E-state index contributed by atoms with van der Waals surface area (Å²) in [7, 11) is 1.61.